The maximum Gasteiger partial charge on any atom is 0.344 e. The third-order valence-corrected chi connectivity index (χ3v) is 2.74. The van der Waals surface area contributed by atoms with Gasteiger partial charge in [0.1, 0.15) is 5.58 Å². The second-order valence-corrected chi connectivity index (χ2v) is 3.74. The van der Waals surface area contributed by atoms with E-state index in [4.69, 9.17) is 4.42 Å². The van der Waals surface area contributed by atoms with Crippen molar-refractivity contribution in [3.05, 3.63) is 46.8 Å². The van der Waals surface area contributed by atoms with Gasteiger partial charge < -0.3 is 14.6 Å². The number of aromatic hydroxyl groups is 2. The summed E-state index contributed by atoms with van der Waals surface area (Å²) in [5.41, 5.74) is -0.206. The predicted octanol–water partition coefficient (Wildman–Crippen LogP) is 2.36. The molecule has 0 amide bonds. The smallest absolute Gasteiger partial charge is 0.344 e. The average Bonchev–Trinajstić information content (AvgIpc) is 2.34. The van der Waals surface area contributed by atoms with Gasteiger partial charge in [-0.25, -0.2) is 4.79 Å². The number of phenolic OH excluding ortho intramolecular Hbond substituents is 2. The highest BCUT2D eigenvalue weighted by Gasteiger charge is 2.12. The van der Waals surface area contributed by atoms with Crippen LogP contribution in [0, 0.1) is 0 Å². The fourth-order valence-corrected chi connectivity index (χ4v) is 1.94. The Hall–Kier alpha value is -2.49. The largest absolute Gasteiger partial charge is 0.504 e. The minimum atomic E-state index is -0.460. The first kappa shape index (κ1) is 9.72. The Morgan fingerprint density at radius 1 is 0.941 bits per heavy atom. The fraction of sp³-hybridized carbons (Fsp3) is 0. The van der Waals surface area contributed by atoms with Gasteiger partial charge in [0.15, 0.2) is 11.5 Å². The maximum atomic E-state index is 11.7. The lowest BCUT2D eigenvalue weighted by Gasteiger charge is -2.05. The second-order valence-electron chi connectivity index (χ2n) is 3.74. The molecule has 0 aliphatic rings. The molecule has 1 heterocycles. The summed E-state index contributed by atoms with van der Waals surface area (Å²) in [6, 6.07) is 9.53. The van der Waals surface area contributed by atoms with Gasteiger partial charge >= 0.3 is 5.63 Å². The molecule has 3 aromatic rings. The summed E-state index contributed by atoms with van der Waals surface area (Å²) >= 11 is 0. The standard InChI is InChI=1S/C13H8O4/c14-9-5-6-10-11(12(9)15)7-3-1-2-4-8(7)13(16)17-10/h1-6,14-15H. The van der Waals surface area contributed by atoms with E-state index in [2.05, 4.69) is 0 Å². The quantitative estimate of drug-likeness (QED) is 0.352. The van der Waals surface area contributed by atoms with Crippen LogP contribution in [0.3, 0.4) is 0 Å². The Labute approximate surface area is 95.3 Å². The summed E-state index contributed by atoms with van der Waals surface area (Å²) in [4.78, 5) is 11.7. The van der Waals surface area contributed by atoms with Gasteiger partial charge in [0.2, 0.25) is 0 Å². The van der Waals surface area contributed by atoms with E-state index in [1.54, 1.807) is 24.3 Å². The Bertz CT molecular complexity index is 786. The molecule has 2 N–H and O–H groups in total. The van der Waals surface area contributed by atoms with Crippen LogP contribution >= 0.6 is 0 Å². The maximum absolute atomic E-state index is 11.7. The first-order chi connectivity index (χ1) is 8.18. The molecule has 3 rings (SSSR count). The molecule has 0 bridgehead atoms. The molecule has 0 unspecified atom stereocenters. The van der Waals surface area contributed by atoms with Crippen molar-refractivity contribution in [1.82, 2.24) is 0 Å². The highest BCUT2D eigenvalue weighted by Crippen LogP contribution is 2.36. The lowest BCUT2D eigenvalue weighted by Crippen LogP contribution is -1.99. The van der Waals surface area contributed by atoms with Gasteiger partial charge in [-0.3, -0.25) is 0 Å². The monoisotopic (exact) mass is 228 g/mol. The molecule has 0 saturated carbocycles. The predicted molar refractivity (Wildman–Crippen MR) is 63.3 cm³/mol. The molecular formula is C13H8O4. The minimum Gasteiger partial charge on any atom is -0.504 e. The first-order valence-corrected chi connectivity index (χ1v) is 5.05. The highest BCUT2D eigenvalue weighted by atomic mass is 16.4. The van der Waals surface area contributed by atoms with Crippen molar-refractivity contribution in [3.8, 4) is 11.5 Å². The van der Waals surface area contributed by atoms with Crippen molar-refractivity contribution in [3.63, 3.8) is 0 Å². The molecule has 4 nitrogen and oxygen atoms in total. The molecule has 0 aliphatic heterocycles. The van der Waals surface area contributed by atoms with E-state index in [0.29, 0.717) is 16.2 Å². The third-order valence-electron chi connectivity index (χ3n) is 2.74. The molecule has 0 aliphatic carbocycles. The van der Waals surface area contributed by atoms with Gasteiger partial charge in [0.25, 0.3) is 0 Å². The van der Waals surface area contributed by atoms with Crippen LogP contribution in [-0.2, 0) is 0 Å². The zero-order valence-corrected chi connectivity index (χ0v) is 8.68. The molecule has 0 saturated heterocycles. The van der Waals surface area contributed by atoms with Gasteiger partial charge in [-0.05, 0) is 18.2 Å². The summed E-state index contributed by atoms with van der Waals surface area (Å²) in [6.07, 6.45) is 0. The number of hydrogen-bond acceptors (Lipinski definition) is 4. The molecule has 17 heavy (non-hydrogen) atoms. The zero-order valence-electron chi connectivity index (χ0n) is 8.68. The molecule has 0 spiro atoms. The summed E-state index contributed by atoms with van der Waals surface area (Å²) < 4.78 is 5.08. The van der Waals surface area contributed by atoms with Crippen LogP contribution in [0.25, 0.3) is 21.7 Å². The Balaban J connectivity index is 2.71. The Kier molecular flexibility index (Phi) is 1.86. The van der Waals surface area contributed by atoms with E-state index in [-0.39, 0.29) is 17.1 Å². The van der Waals surface area contributed by atoms with Crippen LogP contribution in [0.5, 0.6) is 11.5 Å². The third kappa shape index (κ3) is 1.27. The summed E-state index contributed by atoms with van der Waals surface area (Å²) in [7, 11) is 0. The SMILES string of the molecule is O=c1oc2ccc(O)c(O)c2c2ccccc12. The van der Waals surface area contributed by atoms with E-state index in [0.717, 1.165) is 0 Å². The summed E-state index contributed by atoms with van der Waals surface area (Å²) in [5.74, 6) is -0.515. The first-order valence-electron chi connectivity index (χ1n) is 5.05. The van der Waals surface area contributed by atoms with Crippen LogP contribution in [0.1, 0.15) is 0 Å². The summed E-state index contributed by atoms with van der Waals surface area (Å²) in [6.45, 7) is 0. The Morgan fingerprint density at radius 2 is 1.65 bits per heavy atom. The van der Waals surface area contributed by atoms with Crippen LogP contribution < -0.4 is 5.63 Å². The molecular weight excluding hydrogens is 220 g/mol. The van der Waals surface area contributed by atoms with Crippen LogP contribution in [0.15, 0.2) is 45.6 Å². The fourth-order valence-electron chi connectivity index (χ4n) is 1.94. The van der Waals surface area contributed by atoms with Crippen LogP contribution in [-0.4, -0.2) is 10.2 Å². The van der Waals surface area contributed by atoms with E-state index in [1.807, 2.05) is 0 Å². The van der Waals surface area contributed by atoms with Gasteiger partial charge in [-0.1, -0.05) is 18.2 Å². The van der Waals surface area contributed by atoms with Crippen molar-refractivity contribution in [1.29, 1.82) is 0 Å². The van der Waals surface area contributed by atoms with Crippen molar-refractivity contribution in [2.45, 2.75) is 0 Å². The number of hydrogen-bond donors (Lipinski definition) is 2. The molecule has 1 aromatic heterocycles. The lowest BCUT2D eigenvalue weighted by molar-refractivity contribution is 0.407. The number of benzene rings is 2. The van der Waals surface area contributed by atoms with Crippen molar-refractivity contribution < 1.29 is 14.6 Å². The number of rotatable bonds is 0. The zero-order chi connectivity index (χ0) is 12.0. The van der Waals surface area contributed by atoms with Crippen molar-refractivity contribution >= 4 is 21.7 Å². The van der Waals surface area contributed by atoms with E-state index in [9.17, 15) is 15.0 Å². The topological polar surface area (TPSA) is 70.7 Å². The van der Waals surface area contributed by atoms with Crippen LogP contribution in [0.2, 0.25) is 0 Å². The molecule has 2 aromatic carbocycles. The highest BCUT2D eigenvalue weighted by molar-refractivity contribution is 6.08. The van der Waals surface area contributed by atoms with Crippen LogP contribution in [0.4, 0.5) is 0 Å². The van der Waals surface area contributed by atoms with Crippen molar-refractivity contribution in [2.24, 2.45) is 0 Å². The van der Waals surface area contributed by atoms with E-state index < -0.39 is 5.63 Å². The molecule has 0 radical (unpaired) electrons. The molecule has 84 valence electrons. The van der Waals surface area contributed by atoms with Gasteiger partial charge in [0.05, 0.1) is 10.8 Å². The van der Waals surface area contributed by atoms with E-state index in [1.165, 1.54) is 12.1 Å². The van der Waals surface area contributed by atoms with Gasteiger partial charge in [-0.2, -0.15) is 0 Å². The molecule has 0 atom stereocenters. The minimum absolute atomic E-state index is 0.239. The van der Waals surface area contributed by atoms with Crippen molar-refractivity contribution in [2.75, 3.05) is 0 Å². The lowest BCUT2D eigenvalue weighted by atomic mass is 10.1. The average molecular weight is 228 g/mol. The molecule has 0 fully saturated rings. The van der Waals surface area contributed by atoms with Gasteiger partial charge in [0, 0.05) is 5.39 Å². The number of phenols is 2. The number of fused-ring (bicyclic) bond motifs is 3. The summed E-state index contributed by atoms with van der Waals surface area (Å²) in [5, 5.41) is 20.6. The Morgan fingerprint density at radius 3 is 2.41 bits per heavy atom. The van der Waals surface area contributed by atoms with E-state index >= 15 is 0 Å². The molecule has 4 heteroatoms. The van der Waals surface area contributed by atoms with Gasteiger partial charge in [-0.15, -0.1) is 0 Å². The normalized spacial score (nSPS) is 11.1. The second kappa shape index (κ2) is 3.25.